The van der Waals surface area contributed by atoms with Gasteiger partial charge in [0.25, 0.3) is 0 Å². The van der Waals surface area contributed by atoms with Crippen LogP contribution in [0.4, 0.5) is 0 Å². The number of hydrogen-bond acceptors (Lipinski definition) is 3. The van der Waals surface area contributed by atoms with E-state index in [0.717, 1.165) is 19.2 Å². The first-order valence-corrected chi connectivity index (χ1v) is 6.11. The lowest BCUT2D eigenvalue weighted by Gasteiger charge is -2.14. The van der Waals surface area contributed by atoms with Crippen LogP contribution in [0.15, 0.2) is 0 Å². The molecule has 1 atom stereocenters. The zero-order chi connectivity index (χ0) is 11.1. The zero-order valence-electron chi connectivity index (χ0n) is 10.3. The monoisotopic (exact) mass is 215 g/mol. The Morgan fingerprint density at radius 1 is 1.20 bits per heavy atom. The molecule has 0 spiro atoms. The highest BCUT2D eigenvalue weighted by atomic mass is 16.5. The molecular weight excluding hydrogens is 190 g/mol. The molecule has 15 heavy (non-hydrogen) atoms. The molecule has 0 aromatic carbocycles. The van der Waals surface area contributed by atoms with Crippen LogP contribution in [0.1, 0.15) is 33.6 Å². The SMILES string of the molecule is CC(C)COCCOC(C)CNC1CC1. The Hall–Kier alpha value is -0.120. The van der Waals surface area contributed by atoms with Crippen LogP contribution < -0.4 is 5.32 Å². The Balaban J connectivity index is 1.81. The summed E-state index contributed by atoms with van der Waals surface area (Å²) in [6.45, 7) is 9.64. The van der Waals surface area contributed by atoms with Gasteiger partial charge in [0.1, 0.15) is 0 Å². The third-order valence-corrected chi connectivity index (χ3v) is 2.35. The van der Waals surface area contributed by atoms with E-state index >= 15 is 0 Å². The van der Waals surface area contributed by atoms with Crippen molar-refractivity contribution >= 4 is 0 Å². The molecule has 0 saturated heterocycles. The molecule has 0 aromatic heterocycles. The molecule has 0 heterocycles. The van der Waals surface area contributed by atoms with Crippen LogP contribution in [0.3, 0.4) is 0 Å². The molecule has 0 bridgehead atoms. The summed E-state index contributed by atoms with van der Waals surface area (Å²) >= 11 is 0. The molecule has 1 fully saturated rings. The summed E-state index contributed by atoms with van der Waals surface area (Å²) < 4.78 is 11.1. The van der Waals surface area contributed by atoms with Crippen molar-refractivity contribution in [1.29, 1.82) is 0 Å². The average Bonchev–Trinajstić information content (AvgIpc) is 2.97. The van der Waals surface area contributed by atoms with E-state index in [1.54, 1.807) is 0 Å². The van der Waals surface area contributed by atoms with E-state index in [-0.39, 0.29) is 0 Å². The maximum absolute atomic E-state index is 5.61. The van der Waals surface area contributed by atoms with Crippen molar-refractivity contribution in [3.63, 3.8) is 0 Å². The van der Waals surface area contributed by atoms with Gasteiger partial charge in [-0.15, -0.1) is 0 Å². The number of rotatable bonds is 9. The van der Waals surface area contributed by atoms with Gasteiger partial charge in [-0.2, -0.15) is 0 Å². The van der Waals surface area contributed by atoms with Crippen molar-refractivity contribution in [2.24, 2.45) is 5.92 Å². The van der Waals surface area contributed by atoms with E-state index in [2.05, 4.69) is 26.1 Å². The normalized spacial score (nSPS) is 18.4. The minimum atomic E-state index is 0.299. The van der Waals surface area contributed by atoms with Gasteiger partial charge >= 0.3 is 0 Å². The van der Waals surface area contributed by atoms with Crippen LogP contribution >= 0.6 is 0 Å². The molecule has 1 saturated carbocycles. The van der Waals surface area contributed by atoms with Crippen molar-refractivity contribution in [3.05, 3.63) is 0 Å². The third-order valence-electron chi connectivity index (χ3n) is 2.35. The van der Waals surface area contributed by atoms with Gasteiger partial charge in [0.15, 0.2) is 0 Å². The number of nitrogens with one attached hydrogen (secondary N) is 1. The second kappa shape index (κ2) is 7.20. The van der Waals surface area contributed by atoms with Gasteiger partial charge < -0.3 is 14.8 Å². The summed E-state index contributed by atoms with van der Waals surface area (Å²) in [6.07, 6.45) is 2.97. The molecule has 3 heteroatoms. The van der Waals surface area contributed by atoms with Crippen molar-refractivity contribution in [1.82, 2.24) is 5.32 Å². The Morgan fingerprint density at radius 2 is 1.93 bits per heavy atom. The van der Waals surface area contributed by atoms with Crippen molar-refractivity contribution in [3.8, 4) is 0 Å². The molecule has 0 radical (unpaired) electrons. The zero-order valence-corrected chi connectivity index (χ0v) is 10.3. The van der Waals surface area contributed by atoms with Crippen molar-refractivity contribution in [2.45, 2.75) is 45.8 Å². The first kappa shape index (κ1) is 12.9. The van der Waals surface area contributed by atoms with Gasteiger partial charge in [-0.25, -0.2) is 0 Å². The molecule has 0 aromatic rings. The first-order chi connectivity index (χ1) is 7.18. The molecule has 1 unspecified atom stereocenters. The fraction of sp³-hybridized carbons (Fsp3) is 1.00. The van der Waals surface area contributed by atoms with E-state index in [1.807, 2.05) is 0 Å². The average molecular weight is 215 g/mol. The van der Waals surface area contributed by atoms with Crippen LogP contribution in [0.5, 0.6) is 0 Å². The van der Waals surface area contributed by atoms with E-state index < -0.39 is 0 Å². The van der Waals surface area contributed by atoms with Crippen LogP contribution in [-0.4, -0.2) is 38.5 Å². The molecule has 90 valence electrons. The highest BCUT2D eigenvalue weighted by molar-refractivity contribution is 4.81. The highest BCUT2D eigenvalue weighted by Crippen LogP contribution is 2.18. The largest absolute Gasteiger partial charge is 0.379 e. The molecule has 1 N–H and O–H groups in total. The van der Waals surface area contributed by atoms with Crippen LogP contribution in [-0.2, 0) is 9.47 Å². The molecule has 1 aliphatic carbocycles. The lowest BCUT2D eigenvalue weighted by atomic mass is 10.2. The summed E-state index contributed by atoms with van der Waals surface area (Å²) in [7, 11) is 0. The summed E-state index contributed by atoms with van der Waals surface area (Å²) in [4.78, 5) is 0. The molecule has 0 aliphatic heterocycles. The van der Waals surface area contributed by atoms with Gasteiger partial charge in [0.05, 0.1) is 19.3 Å². The molecule has 1 rings (SSSR count). The minimum absolute atomic E-state index is 0.299. The van der Waals surface area contributed by atoms with E-state index in [0.29, 0.717) is 25.2 Å². The highest BCUT2D eigenvalue weighted by Gasteiger charge is 2.20. The van der Waals surface area contributed by atoms with E-state index in [4.69, 9.17) is 9.47 Å². The van der Waals surface area contributed by atoms with Crippen LogP contribution in [0.2, 0.25) is 0 Å². The second-order valence-corrected chi connectivity index (χ2v) is 4.83. The van der Waals surface area contributed by atoms with E-state index in [9.17, 15) is 0 Å². The smallest absolute Gasteiger partial charge is 0.0704 e. The summed E-state index contributed by atoms with van der Waals surface area (Å²) in [6, 6.07) is 0.772. The van der Waals surface area contributed by atoms with Crippen molar-refractivity contribution < 1.29 is 9.47 Å². The summed E-state index contributed by atoms with van der Waals surface area (Å²) in [5.41, 5.74) is 0. The van der Waals surface area contributed by atoms with Gasteiger partial charge in [-0.05, 0) is 25.7 Å². The van der Waals surface area contributed by atoms with Gasteiger partial charge in [-0.3, -0.25) is 0 Å². The topological polar surface area (TPSA) is 30.5 Å². The fourth-order valence-electron chi connectivity index (χ4n) is 1.31. The molecular formula is C12H25NO2. The lowest BCUT2D eigenvalue weighted by molar-refractivity contribution is 0.00661. The third kappa shape index (κ3) is 7.77. The summed E-state index contributed by atoms with van der Waals surface area (Å²) in [5, 5.41) is 3.45. The quantitative estimate of drug-likeness (QED) is 0.595. The second-order valence-electron chi connectivity index (χ2n) is 4.83. The van der Waals surface area contributed by atoms with Gasteiger partial charge in [0.2, 0.25) is 0 Å². The first-order valence-electron chi connectivity index (χ1n) is 6.11. The van der Waals surface area contributed by atoms with Crippen LogP contribution in [0.25, 0.3) is 0 Å². The number of ether oxygens (including phenoxy) is 2. The fourth-order valence-corrected chi connectivity index (χ4v) is 1.31. The lowest BCUT2D eigenvalue weighted by Crippen LogP contribution is -2.29. The molecule has 1 aliphatic rings. The Morgan fingerprint density at radius 3 is 2.53 bits per heavy atom. The van der Waals surface area contributed by atoms with Gasteiger partial charge in [0, 0.05) is 19.2 Å². The summed E-state index contributed by atoms with van der Waals surface area (Å²) in [5.74, 6) is 0.610. The Bertz CT molecular complexity index is 158. The predicted octanol–water partition coefficient (Wildman–Crippen LogP) is 1.82. The standard InChI is InChI=1S/C12H25NO2/c1-10(2)9-14-6-7-15-11(3)8-13-12-4-5-12/h10-13H,4-9H2,1-3H3. The predicted molar refractivity (Wildman–Crippen MR) is 62.1 cm³/mol. The Labute approximate surface area is 93.5 Å². The maximum atomic E-state index is 5.61. The van der Waals surface area contributed by atoms with E-state index in [1.165, 1.54) is 12.8 Å². The molecule has 0 amide bonds. The Kier molecular flexibility index (Phi) is 6.22. The maximum Gasteiger partial charge on any atom is 0.0704 e. The molecule has 3 nitrogen and oxygen atoms in total. The van der Waals surface area contributed by atoms with Crippen molar-refractivity contribution in [2.75, 3.05) is 26.4 Å². The van der Waals surface area contributed by atoms with Crippen LogP contribution in [0, 0.1) is 5.92 Å². The minimum Gasteiger partial charge on any atom is -0.379 e. The van der Waals surface area contributed by atoms with Gasteiger partial charge in [-0.1, -0.05) is 13.8 Å². The number of hydrogen-bond donors (Lipinski definition) is 1.